The average molecular weight is 433 g/mol. The summed E-state index contributed by atoms with van der Waals surface area (Å²) in [5, 5.41) is 4.31. The number of nitrogens with one attached hydrogen (secondary N) is 2. The summed E-state index contributed by atoms with van der Waals surface area (Å²) in [5.41, 5.74) is 10.3. The summed E-state index contributed by atoms with van der Waals surface area (Å²) in [6, 6.07) is 19.2. The number of pyridine rings is 1. The first-order valence-corrected chi connectivity index (χ1v) is 9.47. The predicted molar refractivity (Wildman–Crippen MR) is 117 cm³/mol. The van der Waals surface area contributed by atoms with Crippen LogP contribution in [0, 0.1) is 0 Å². The minimum absolute atomic E-state index is 0.444. The third-order valence-electron chi connectivity index (χ3n) is 4.38. The van der Waals surface area contributed by atoms with Gasteiger partial charge in [0.05, 0.1) is 5.69 Å². The van der Waals surface area contributed by atoms with Gasteiger partial charge >= 0.3 is 0 Å². The largest absolute Gasteiger partial charge is 0.366 e. The van der Waals surface area contributed by atoms with Crippen LogP contribution >= 0.6 is 15.9 Å². The molecule has 0 atom stereocenters. The highest BCUT2D eigenvalue weighted by molar-refractivity contribution is 9.10. The van der Waals surface area contributed by atoms with Crippen LogP contribution in [0.15, 0.2) is 77.5 Å². The van der Waals surface area contributed by atoms with Gasteiger partial charge in [0.1, 0.15) is 5.65 Å². The molecule has 1 amide bonds. The number of hydrogen-bond donors (Lipinski definition) is 3. The van der Waals surface area contributed by atoms with Crippen LogP contribution < -0.4 is 11.1 Å². The molecule has 2 aromatic heterocycles. The van der Waals surface area contributed by atoms with Gasteiger partial charge in [-0.25, -0.2) is 4.98 Å². The minimum atomic E-state index is -0.480. The summed E-state index contributed by atoms with van der Waals surface area (Å²) in [7, 11) is 0. The maximum atomic E-state index is 12.1. The molecule has 0 aliphatic rings. The lowest BCUT2D eigenvalue weighted by atomic mass is 10.0. The first kappa shape index (κ1) is 18.0. The highest BCUT2D eigenvalue weighted by Crippen LogP contribution is 2.31. The van der Waals surface area contributed by atoms with Gasteiger partial charge < -0.3 is 16.0 Å². The van der Waals surface area contributed by atoms with Crippen molar-refractivity contribution in [1.29, 1.82) is 0 Å². The van der Waals surface area contributed by atoms with Crippen LogP contribution in [0.1, 0.15) is 11.1 Å². The van der Waals surface area contributed by atoms with E-state index in [0.717, 1.165) is 38.0 Å². The van der Waals surface area contributed by atoms with Crippen molar-refractivity contribution in [2.24, 2.45) is 5.73 Å². The molecular formula is C22H17BrN4O. The topological polar surface area (TPSA) is 83.8 Å². The molecule has 6 heteroatoms. The fourth-order valence-electron chi connectivity index (χ4n) is 3.06. The molecule has 0 radical (unpaired) electrons. The van der Waals surface area contributed by atoms with Gasteiger partial charge in [-0.2, -0.15) is 0 Å². The highest BCUT2D eigenvalue weighted by atomic mass is 79.9. The molecule has 4 N–H and O–H groups in total. The Labute approximate surface area is 170 Å². The highest BCUT2D eigenvalue weighted by Gasteiger charge is 2.13. The van der Waals surface area contributed by atoms with Gasteiger partial charge in [-0.1, -0.05) is 46.3 Å². The molecule has 0 saturated heterocycles. The van der Waals surface area contributed by atoms with Crippen molar-refractivity contribution < 1.29 is 4.79 Å². The summed E-state index contributed by atoms with van der Waals surface area (Å²) in [6.45, 7) is 0. The normalized spacial score (nSPS) is 11.5. The lowest BCUT2D eigenvalue weighted by Crippen LogP contribution is -2.12. The number of aromatic nitrogens is 2. The molecule has 0 aliphatic heterocycles. The minimum Gasteiger partial charge on any atom is -0.366 e. The van der Waals surface area contributed by atoms with Gasteiger partial charge in [-0.05, 0) is 42.0 Å². The Bertz CT molecular complexity index is 1160. The number of H-pyrrole nitrogens is 1. The van der Waals surface area contributed by atoms with Crippen molar-refractivity contribution in [3.63, 3.8) is 0 Å². The Morgan fingerprint density at radius 1 is 1.07 bits per heavy atom. The van der Waals surface area contributed by atoms with E-state index in [1.807, 2.05) is 66.9 Å². The second kappa shape index (κ2) is 7.70. The molecule has 5 nitrogen and oxygen atoms in total. The number of anilines is 2. The maximum absolute atomic E-state index is 12.1. The van der Waals surface area contributed by atoms with Crippen LogP contribution in [-0.2, 0) is 4.79 Å². The van der Waals surface area contributed by atoms with Crippen molar-refractivity contribution in [2.45, 2.75) is 0 Å². The molecule has 0 fully saturated rings. The summed E-state index contributed by atoms with van der Waals surface area (Å²) in [6.07, 6.45) is 5.36. The smallest absolute Gasteiger partial charge is 0.249 e. The Hall–Kier alpha value is -3.38. The fraction of sp³-hybridized carbons (Fsp3) is 0. The molecule has 4 rings (SSSR count). The molecule has 28 heavy (non-hydrogen) atoms. The Balaban J connectivity index is 1.81. The van der Waals surface area contributed by atoms with Crippen molar-refractivity contribution in [3.05, 3.63) is 88.7 Å². The fourth-order valence-corrected chi connectivity index (χ4v) is 3.32. The number of aromatic amines is 1. The number of nitrogens with two attached hydrogens (primary N) is 1. The third kappa shape index (κ3) is 3.68. The van der Waals surface area contributed by atoms with Gasteiger partial charge in [-0.15, -0.1) is 0 Å². The van der Waals surface area contributed by atoms with E-state index in [1.165, 1.54) is 0 Å². The van der Waals surface area contributed by atoms with Crippen molar-refractivity contribution in [3.8, 4) is 0 Å². The number of primary amides is 1. The Morgan fingerprint density at radius 2 is 1.82 bits per heavy atom. The summed E-state index contributed by atoms with van der Waals surface area (Å²) in [5.74, 6) is -0.480. The Morgan fingerprint density at radius 3 is 2.54 bits per heavy atom. The second-order valence-electron chi connectivity index (χ2n) is 6.25. The standard InChI is InChI=1S/C22H17BrN4O/c23-16-6-8-17(9-7-16)27-19-10-11-25-22-20(19)15(13-26-22)12-18(21(24)28)14-4-2-1-3-5-14/h1-13H,(H2,24,28)(H2,25,26,27)/b18-12+. The number of carbonyl (C=O) groups excluding carboxylic acids is 1. The van der Waals surface area contributed by atoms with Gasteiger partial charge in [0.25, 0.3) is 0 Å². The number of halogens is 1. The number of hydrogen-bond acceptors (Lipinski definition) is 3. The number of carbonyl (C=O) groups is 1. The first-order valence-electron chi connectivity index (χ1n) is 8.67. The number of fused-ring (bicyclic) bond motifs is 1. The molecule has 2 aromatic carbocycles. The van der Waals surface area contributed by atoms with Gasteiger partial charge in [0.15, 0.2) is 0 Å². The first-order chi connectivity index (χ1) is 13.6. The number of nitrogens with zero attached hydrogens (tertiary/aromatic N) is 1. The monoisotopic (exact) mass is 432 g/mol. The van der Waals surface area contributed by atoms with E-state index < -0.39 is 5.91 Å². The summed E-state index contributed by atoms with van der Waals surface area (Å²) >= 11 is 3.44. The molecule has 0 bridgehead atoms. The van der Waals surface area contributed by atoms with E-state index in [9.17, 15) is 4.79 Å². The van der Waals surface area contributed by atoms with Crippen LogP contribution in [0.4, 0.5) is 11.4 Å². The predicted octanol–water partition coefficient (Wildman–Crippen LogP) is 5.09. The summed E-state index contributed by atoms with van der Waals surface area (Å²) in [4.78, 5) is 19.6. The van der Waals surface area contributed by atoms with Crippen LogP contribution in [0.5, 0.6) is 0 Å². The van der Waals surface area contributed by atoms with Crippen molar-refractivity contribution >= 4 is 55.9 Å². The summed E-state index contributed by atoms with van der Waals surface area (Å²) < 4.78 is 1.01. The van der Waals surface area contributed by atoms with E-state index in [2.05, 4.69) is 31.2 Å². The third-order valence-corrected chi connectivity index (χ3v) is 4.91. The molecule has 138 valence electrons. The molecule has 0 spiro atoms. The molecule has 0 aliphatic carbocycles. The van der Waals surface area contributed by atoms with Crippen LogP contribution in [0.2, 0.25) is 0 Å². The zero-order valence-electron chi connectivity index (χ0n) is 14.8. The molecule has 0 saturated carbocycles. The number of amides is 1. The zero-order valence-corrected chi connectivity index (χ0v) is 16.4. The molecular weight excluding hydrogens is 416 g/mol. The Kier molecular flexibility index (Phi) is 4.95. The van der Waals surface area contributed by atoms with E-state index in [1.54, 1.807) is 12.3 Å². The zero-order chi connectivity index (χ0) is 19.5. The van der Waals surface area contributed by atoms with Gasteiger partial charge in [0, 0.05) is 39.1 Å². The second-order valence-corrected chi connectivity index (χ2v) is 7.16. The van der Waals surface area contributed by atoms with Crippen LogP contribution in [0.3, 0.4) is 0 Å². The van der Waals surface area contributed by atoms with E-state index in [4.69, 9.17) is 5.73 Å². The van der Waals surface area contributed by atoms with Crippen LogP contribution in [-0.4, -0.2) is 15.9 Å². The molecule has 4 aromatic rings. The van der Waals surface area contributed by atoms with Crippen molar-refractivity contribution in [2.75, 3.05) is 5.32 Å². The number of benzene rings is 2. The van der Waals surface area contributed by atoms with Gasteiger partial charge in [0.2, 0.25) is 5.91 Å². The van der Waals surface area contributed by atoms with Crippen molar-refractivity contribution in [1.82, 2.24) is 9.97 Å². The lowest BCUT2D eigenvalue weighted by molar-refractivity contribution is -0.112. The van der Waals surface area contributed by atoms with E-state index in [0.29, 0.717) is 5.57 Å². The number of rotatable bonds is 5. The van der Waals surface area contributed by atoms with E-state index >= 15 is 0 Å². The maximum Gasteiger partial charge on any atom is 0.249 e. The molecule has 0 unspecified atom stereocenters. The SMILES string of the molecule is NC(=O)/C(=C/c1c[nH]c2nccc(Nc3ccc(Br)cc3)c12)c1ccccc1. The molecule has 2 heterocycles. The van der Waals surface area contributed by atoms with Gasteiger partial charge in [-0.3, -0.25) is 4.79 Å². The lowest BCUT2D eigenvalue weighted by Gasteiger charge is -2.09. The van der Waals surface area contributed by atoms with E-state index in [-0.39, 0.29) is 0 Å². The average Bonchev–Trinajstić information content (AvgIpc) is 3.12. The quantitative estimate of drug-likeness (QED) is 0.383. The van der Waals surface area contributed by atoms with Crippen LogP contribution in [0.25, 0.3) is 22.7 Å².